The van der Waals surface area contributed by atoms with Gasteiger partial charge >= 0.3 is 0 Å². The molecule has 0 fully saturated rings. The van der Waals surface area contributed by atoms with Crippen LogP contribution < -0.4 is 0 Å². The Labute approximate surface area is 131 Å². The SMILES string of the molecule is Cc1cccc(-c2c3ccccc3cc3cc(C)ccc23)c1. The van der Waals surface area contributed by atoms with E-state index in [2.05, 4.69) is 86.6 Å². The molecule has 0 N–H and O–H groups in total. The molecule has 22 heavy (non-hydrogen) atoms. The van der Waals surface area contributed by atoms with Crippen molar-refractivity contribution in [3.63, 3.8) is 0 Å². The number of hydrogen-bond donors (Lipinski definition) is 0. The topological polar surface area (TPSA) is 0 Å². The van der Waals surface area contributed by atoms with E-state index in [1.54, 1.807) is 0 Å². The van der Waals surface area contributed by atoms with Gasteiger partial charge in [-0.05, 0) is 52.6 Å². The number of rotatable bonds is 1. The van der Waals surface area contributed by atoms with Crippen LogP contribution in [0.1, 0.15) is 11.1 Å². The van der Waals surface area contributed by atoms with Crippen molar-refractivity contribution in [3.05, 3.63) is 83.9 Å². The highest BCUT2D eigenvalue weighted by atomic mass is 14.1. The Balaban J connectivity index is 2.21. The zero-order valence-corrected chi connectivity index (χ0v) is 12.9. The molecule has 0 nitrogen and oxygen atoms in total. The molecule has 4 aromatic carbocycles. The largest absolute Gasteiger partial charge is 0.0616 e. The highest BCUT2D eigenvalue weighted by molar-refractivity contribution is 6.12. The average Bonchev–Trinajstić information content (AvgIpc) is 2.52. The van der Waals surface area contributed by atoms with Gasteiger partial charge in [-0.1, -0.05) is 77.9 Å². The fourth-order valence-electron chi connectivity index (χ4n) is 3.30. The molecular formula is C22H18. The second-order valence-corrected chi connectivity index (χ2v) is 6.07. The Morgan fingerprint density at radius 2 is 1.32 bits per heavy atom. The van der Waals surface area contributed by atoms with E-state index in [0.717, 1.165) is 0 Å². The monoisotopic (exact) mass is 282 g/mol. The quantitative estimate of drug-likeness (QED) is 0.360. The minimum absolute atomic E-state index is 1.30. The molecule has 0 saturated carbocycles. The van der Waals surface area contributed by atoms with Gasteiger partial charge in [-0.2, -0.15) is 0 Å². The van der Waals surface area contributed by atoms with Gasteiger partial charge in [0.2, 0.25) is 0 Å². The molecule has 4 rings (SSSR count). The van der Waals surface area contributed by atoms with E-state index in [1.807, 2.05) is 0 Å². The predicted molar refractivity (Wildman–Crippen MR) is 96.4 cm³/mol. The lowest BCUT2D eigenvalue weighted by Gasteiger charge is -2.13. The van der Waals surface area contributed by atoms with E-state index in [-0.39, 0.29) is 0 Å². The minimum atomic E-state index is 1.30. The van der Waals surface area contributed by atoms with Gasteiger partial charge in [0, 0.05) is 0 Å². The highest BCUT2D eigenvalue weighted by Gasteiger charge is 2.09. The summed E-state index contributed by atoms with van der Waals surface area (Å²) in [5, 5.41) is 5.27. The average molecular weight is 282 g/mol. The molecule has 0 spiro atoms. The van der Waals surface area contributed by atoms with Crippen LogP contribution in [0.2, 0.25) is 0 Å². The third kappa shape index (κ3) is 2.08. The van der Waals surface area contributed by atoms with Gasteiger partial charge in [-0.3, -0.25) is 0 Å². The summed E-state index contributed by atoms with van der Waals surface area (Å²) in [6.07, 6.45) is 0. The van der Waals surface area contributed by atoms with Crippen LogP contribution in [-0.2, 0) is 0 Å². The summed E-state index contributed by atoms with van der Waals surface area (Å²) in [6.45, 7) is 4.31. The first kappa shape index (κ1) is 13.1. The van der Waals surface area contributed by atoms with Gasteiger partial charge in [0.1, 0.15) is 0 Å². The summed E-state index contributed by atoms with van der Waals surface area (Å²) in [5.41, 5.74) is 5.24. The molecule has 0 bridgehead atoms. The van der Waals surface area contributed by atoms with E-state index < -0.39 is 0 Å². The molecule has 0 aromatic heterocycles. The second kappa shape index (κ2) is 4.99. The van der Waals surface area contributed by atoms with Gasteiger partial charge in [0.05, 0.1) is 0 Å². The Bertz CT molecular complexity index is 993. The van der Waals surface area contributed by atoms with E-state index in [9.17, 15) is 0 Å². The number of fused-ring (bicyclic) bond motifs is 2. The van der Waals surface area contributed by atoms with Crippen molar-refractivity contribution in [2.24, 2.45) is 0 Å². The van der Waals surface area contributed by atoms with E-state index in [4.69, 9.17) is 0 Å². The zero-order chi connectivity index (χ0) is 15.1. The lowest BCUT2D eigenvalue weighted by atomic mass is 9.91. The fraction of sp³-hybridized carbons (Fsp3) is 0.0909. The van der Waals surface area contributed by atoms with E-state index in [0.29, 0.717) is 0 Å². The Hall–Kier alpha value is -2.60. The van der Waals surface area contributed by atoms with Crippen LogP contribution in [0, 0.1) is 13.8 Å². The van der Waals surface area contributed by atoms with Crippen LogP contribution in [-0.4, -0.2) is 0 Å². The molecule has 0 amide bonds. The van der Waals surface area contributed by atoms with Gasteiger partial charge in [0.25, 0.3) is 0 Å². The first-order chi connectivity index (χ1) is 10.7. The maximum Gasteiger partial charge on any atom is -0.00267 e. The third-order valence-electron chi connectivity index (χ3n) is 4.32. The molecule has 0 heteroatoms. The minimum Gasteiger partial charge on any atom is -0.0616 e. The first-order valence-corrected chi connectivity index (χ1v) is 7.71. The Kier molecular flexibility index (Phi) is 2.97. The lowest BCUT2D eigenvalue weighted by molar-refractivity contribution is 1.47. The molecule has 0 aliphatic rings. The van der Waals surface area contributed by atoms with Crippen molar-refractivity contribution in [1.29, 1.82) is 0 Å². The van der Waals surface area contributed by atoms with Gasteiger partial charge in [-0.15, -0.1) is 0 Å². The van der Waals surface area contributed by atoms with Crippen molar-refractivity contribution in [2.45, 2.75) is 13.8 Å². The summed E-state index contributed by atoms with van der Waals surface area (Å²) in [5.74, 6) is 0. The van der Waals surface area contributed by atoms with E-state index in [1.165, 1.54) is 43.8 Å². The molecule has 0 unspecified atom stereocenters. The summed E-state index contributed by atoms with van der Waals surface area (Å²) in [7, 11) is 0. The molecule has 0 radical (unpaired) electrons. The molecular weight excluding hydrogens is 264 g/mol. The summed E-state index contributed by atoms with van der Waals surface area (Å²) in [4.78, 5) is 0. The molecule has 0 atom stereocenters. The van der Waals surface area contributed by atoms with Gasteiger partial charge in [0.15, 0.2) is 0 Å². The molecule has 0 saturated heterocycles. The molecule has 0 heterocycles. The normalized spacial score (nSPS) is 11.2. The molecule has 4 aromatic rings. The third-order valence-corrected chi connectivity index (χ3v) is 4.32. The smallest absolute Gasteiger partial charge is 0.00267 e. The zero-order valence-electron chi connectivity index (χ0n) is 12.9. The van der Waals surface area contributed by atoms with Crippen LogP contribution in [0.25, 0.3) is 32.7 Å². The summed E-state index contributed by atoms with van der Waals surface area (Å²) >= 11 is 0. The van der Waals surface area contributed by atoms with Crippen molar-refractivity contribution in [2.75, 3.05) is 0 Å². The highest BCUT2D eigenvalue weighted by Crippen LogP contribution is 2.36. The summed E-state index contributed by atoms with van der Waals surface area (Å²) in [6, 6.07) is 26.5. The first-order valence-electron chi connectivity index (χ1n) is 7.71. The van der Waals surface area contributed by atoms with Crippen molar-refractivity contribution in [3.8, 4) is 11.1 Å². The molecule has 106 valence electrons. The van der Waals surface area contributed by atoms with Crippen molar-refractivity contribution < 1.29 is 0 Å². The Morgan fingerprint density at radius 3 is 2.18 bits per heavy atom. The van der Waals surface area contributed by atoms with Crippen LogP contribution >= 0.6 is 0 Å². The number of hydrogen-bond acceptors (Lipinski definition) is 0. The maximum atomic E-state index is 2.30. The number of aryl methyl sites for hydroxylation is 2. The predicted octanol–water partition coefficient (Wildman–Crippen LogP) is 6.28. The standard InChI is InChI=1S/C22H18/c1-15-6-5-8-18(12-15)22-20-9-4-3-7-17(20)14-19-13-16(2)10-11-21(19)22/h3-14H,1-2H3. The van der Waals surface area contributed by atoms with Crippen LogP contribution in [0.3, 0.4) is 0 Å². The maximum absolute atomic E-state index is 2.30. The van der Waals surface area contributed by atoms with Crippen molar-refractivity contribution in [1.82, 2.24) is 0 Å². The molecule has 0 aliphatic heterocycles. The van der Waals surface area contributed by atoms with Gasteiger partial charge < -0.3 is 0 Å². The second-order valence-electron chi connectivity index (χ2n) is 6.07. The number of benzene rings is 4. The van der Waals surface area contributed by atoms with Crippen molar-refractivity contribution >= 4 is 21.5 Å². The van der Waals surface area contributed by atoms with Crippen LogP contribution in [0.15, 0.2) is 72.8 Å². The lowest BCUT2D eigenvalue weighted by Crippen LogP contribution is -1.87. The van der Waals surface area contributed by atoms with Crippen LogP contribution in [0.5, 0.6) is 0 Å². The summed E-state index contributed by atoms with van der Waals surface area (Å²) < 4.78 is 0. The van der Waals surface area contributed by atoms with Gasteiger partial charge in [-0.25, -0.2) is 0 Å². The van der Waals surface area contributed by atoms with Crippen LogP contribution in [0.4, 0.5) is 0 Å². The fourth-order valence-corrected chi connectivity index (χ4v) is 3.30. The Morgan fingerprint density at radius 1 is 0.545 bits per heavy atom. The molecule has 0 aliphatic carbocycles. The van der Waals surface area contributed by atoms with E-state index >= 15 is 0 Å².